The van der Waals surface area contributed by atoms with E-state index in [4.69, 9.17) is 21.1 Å². The van der Waals surface area contributed by atoms with Gasteiger partial charge in [0.05, 0.1) is 14.2 Å². The van der Waals surface area contributed by atoms with E-state index in [2.05, 4.69) is 0 Å². The van der Waals surface area contributed by atoms with Crippen molar-refractivity contribution in [1.82, 2.24) is 0 Å². The molecule has 0 amide bonds. The van der Waals surface area contributed by atoms with E-state index >= 15 is 0 Å². The minimum atomic E-state index is -0.104. The molecule has 0 radical (unpaired) electrons. The molecule has 0 atom stereocenters. The summed E-state index contributed by atoms with van der Waals surface area (Å²) in [5, 5.41) is 0.542. The van der Waals surface area contributed by atoms with Crippen molar-refractivity contribution in [2.45, 2.75) is 0 Å². The number of hydrogen-bond acceptors (Lipinski definition) is 3. The second-order valence-corrected chi connectivity index (χ2v) is 4.76. The maximum absolute atomic E-state index is 12.0. The van der Waals surface area contributed by atoms with Crippen LogP contribution in [0.25, 0.3) is 6.08 Å². The second kappa shape index (κ2) is 6.95. The highest BCUT2D eigenvalue weighted by molar-refractivity contribution is 6.31. The summed E-state index contributed by atoms with van der Waals surface area (Å²) in [7, 11) is 3.15. The molecular weight excluding hydrogens is 288 g/mol. The first-order valence-electron chi connectivity index (χ1n) is 6.34. The van der Waals surface area contributed by atoms with Crippen LogP contribution in [0, 0.1) is 0 Å². The smallest absolute Gasteiger partial charge is 0.185 e. The SMILES string of the molecule is COc1ccc(/C=C/C(=O)c2cccc(Cl)c2)cc1OC. The molecule has 2 aromatic carbocycles. The van der Waals surface area contributed by atoms with E-state index in [0.717, 1.165) is 5.56 Å². The van der Waals surface area contributed by atoms with Gasteiger partial charge in [0.1, 0.15) is 0 Å². The number of hydrogen-bond donors (Lipinski definition) is 0. The lowest BCUT2D eigenvalue weighted by molar-refractivity contribution is 0.104. The zero-order valence-electron chi connectivity index (χ0n) is 11.8. The molecule has 0 heterocycles. The van der Waals surface area contributed by atoms with Crippen LogP contribution >= 0.6 is 11.6 Å². The zero-order chi connectivity index (χ0) is 15.2. The highest BCUT2D eigenvalue weighted by atomic mass is 35.5. The van der Waals surface area contributed by atoms with Crippen molar-refractivity contribution in [3.05, 3.63) is 64.7 Å². The van der Waals surface area contributed by atoms with Gasteiger partial charge in [-0.25, -0.2) is 0 Å². The maximum Gasteiger partial charge on any atom is 0.185 e. The standard InChI is InChI=1S/C17H15ClO3/c1-20-16-9-7-12(10-17(16)21-2)6-8-15(19)13-4-3-5-14(18)11-13/h3-11H,1-2H3/b8-6+. The fraction of sp³-hybridized carbons (Fsp3) is 0.118. The topological polar surface area (TPSA) is 35.5 Å². The van der Waals surface area contributed by atoms with Crippen LogP contribution in [0.4, 0.5) is 0 Å². The molecule has 2 aromatic rings. The number of ketones is 1. The zero-order valence-corrected chi connectivity index (χ0v) is 12.6. The largest absolute Gasteiger partial charge is 0.493 e. The third-order valence-corrected chi connectivity index (χ3v) is 3.18. The van der Waals surface area contributed by atoms with Crippen LogP contribution in [0.3, 0.4) is 0 Å². The predicted octanol–water partition coefficient (Wildman–Crippen LogP) is 4.25. The second-order valence-electron chi connectivity index (χ2n) is 4.32. The molecule has 0 unspecified atom stereocenters. The van der Waals surface area contributed by atoms with Gasteiger partial charge in [0, 0.05) is 10.6 Å². The Hall–Kier alpha value is -2.26. The van der Waals surface area contributed by atoms with Gasteiger partial charge in [-0.3, -0.25) is 4.79 Å². The normalized spacial score (nSPS) is 10.6. The number of benzene rings is 2. The van der Waals surface area contributed by atoms with Gasteiger partial charge in [-0.1, -0.05) is 35.9 Å². The predicted molar refractivity (Wildman–Crippen MR) is 84.4 cm³/mol. The highest BCUT2D eigenvalue weighted by Crippen LogP contribution is 2.28. The molecule has 2 rings (SSSR count). The van der Waals surface area contributed by atoms with Crippen LogP contribution in [-0.2, 0) is 0 Å². The summed E-state index contributed by atoms with van der Waals surface area (Å²) < 4.78 is 10.4. The van der Waals surface area contributed by atoms with E-state index in [1.807, 2.05) is 6.07 Å². The third kappa shape index (κ3) is 3.86. The van der Waals surface area contributed by atoms with E-state index in [0.29, 0.717) is 22.1 Å². The Labute approximate surface area is 128 Å². The van der Waals surface area contributed by atoms with Crippen LogP contribution in [0.5, 0.6) is 11.5 Å². The fourth-order valence-corrected chi connectivity index (χ4v) is 2.06. The summed E-state index contributed by atoms with van der Waals surface area (Å²) in [4.78, 5) is 12.0. The Kier molecular flexibility index (Phi) is 5.01. The number of carbonyl (C=O) groups is 1. The molecule has 4 heteroatoms. The Morgan fingerprint density at radius 2 is 1.81 bits per heavy atom. The van der Waals surface area contributed by atoms with E-state index < -0.39 is 0 Å². The number of carbonyl (C=O) groups excluding carboxylic acids is 1. The molecule has 0 aliphatic heterocycles. The molecule has 108 valence electrons. The number of ether oxygens (including phenoxy) is 2. The van der Waals surface area contributed by atoms with Crippen LogP contribution in [0.15, 0.2) is 48.5 Å². The summed E-state index contributed by atoms with van der Waals surface area (Å²) in [5.74, 6) is 1.16. The van der Waals surface area contributed by atoms with Gasteiger partial charge in [-0.05, 0) is 35.9 Å². The molecule has 0 aromatic heterocycles. The van der Waals surface area contributed by atoms with Gasteiger partial charge in [-0.2, -0.15) is 0 Å². The fourth-order valence-electron chi connectivity index (χ4n) is 1.87. The molecule has 0 aliphatic rings. The van der Waals surface area contributed by atoms with Gasteiger partial charge < -0.3 is 9.47 Å². The lowest BCUT2D eigenvalue weighted by Gasteiger charge is -2.07. The van der Waals surface area contributed by atoms with E-state index in [-0.39, 0.29) is 5.78 Å². The minimum absolute atomic E-state index is 0.104. The van der Waals surface area contributed by atoms with Gasteiger partial charge in [0.15, 0.2) is 17.3 Å². The van der Waals surface area contributed by atoms with Crippen molar-refractivity contribution in [3.63, 3.8) is 0 Å². The molecule has 0 fully saturated rings. The minimum Gasteiger partial charge on any atom is -0.493 e. The lowest BCUT2D eigenvalue weighted by atomic mass is 10.1. The number of allylic oxidation sites excluding steroid dienone is 1. The molecule has 0 spiro atoms. The number of methoxy groups -OCH3 is 2. The average Bonchev–Trinajstić information content (AvgIpc) is 2.52. The molecule has 3 nitrogen and oxygen atoms in total. The van der Waals surface area contributed by atoms with Gasteiger partial charge in [0.25, 0.3) is 0 Å². The van der Waals surface area contributed by atoms with Gasteiger partial charge >= 0.3 is 0 Å². The van der Waals surface area contributed by atoms with Gasteiger partial charge in [-0.15, -0.1) is 0 Å². The number of rotatable bonds is 5. The summed E-state index contributed by atoms with van der Waals surface area (Å²) in [6, 6.07) is 12.3. The lowest BCUT2D eigenvalue weighted by Crippen LogP contribution is -1.94. The molecule has 0 N–H and O–H groups in total. The molecule has 0 saturated carbocycles. The summed E-state index contributed by atoms with van der Waals surface area (Å²) in [5.41, 5.74) is 1.40. The maximum atomic E-state index is 12.0. The highest BCUT2D eigenvalue weighted by Gasteiger charge is 2.04. The molecule has 0 saturated heterocycles. The van der Waals surface area contributed by atoms with E-state index in [1.54, 1.807) is 56.7 Å². The van der Waals surface area contributed by atoms with Crippen molar-refractivity contribution in [2.24, 2.45) is 0 Å². The molecular formula is C17H15ClO3. The Bertz CT molecular complexity index is 677. The third-order valence-electron chi connectivity index (χ3n) is 2.94. The van der Waals surface area contributed by atoms with Crippen LogP contribution in [0.1, 0.15) is 15.9 Å². The molecule has 0 aliphatic carbocycles. The van der Waals surface area contributed by atoms with Crippen LogP contribution < -0.4 is 9.47 Å². The monoisotopic (exact) mass is 302 g/mol. The van der Waals surface area contributed by atoms with Crippen molar-refractivity contribution in [3.8, 4) is 11.5 Å². The molecule has 21 heavy (non-hydrogen) atoms. The Balaban J connectivity index is 2.19. The van der Waals surface area contributed by atoms with Crippen molar-refractivity contribution in [1.29, 1.82) is 0 Å². The van der Waals surface area contributed by atoms with Crippen molar-refractivity contribution >= 4 is 23.5 Å². The average molecular weight is 303 g/mol. The van der Waals surface area contributed by atoms with E-state index in [1.165, 1.54) is 6.08 Å². The summed E-state index contributed by atoms with van der Waals surface area (Å²) >= 11 is 5.87. The van der Waals surface area contributed by atoms with Crippen molar-refractivity contribution in [2.75, 3.05) is 14.2 Å². The quantitative estimate of drug-likeness (QED) is 0.612. The first kappa shape index (κ1) is 15.1. The van der Waals surface area contributed by atoms with Gasteiger partial charge in [0.2, 0.25) is 0 Å². The van der Waals surface area contributed by atoms with Crippen LogP contribution in [-0.4, -0.2) is 20.0 Å². The van der Waals surface area contributed by atoms with Crippen molar-refractivity contribution < 1.29 is 14.3 Å². The summed E-state index contributed by atoms with van der Waals surface area (Å²) in [6.45, 7) is 0. The first-order chi connectivity index (χ1) is 10.1. The first-order valence-corrected chi connectivity index (χ1v) is 6.72. The Morgan fingerprint density at radius 3 is 2.48 bits per heavy atom. The molecule has 0 bridgehead atoms. The summed E-state index contributed by atoms with van der Waals surface area (Å²) in [6.07, 6.45) is 3.23. The Morgan fingerprint density at radius 1 is 1.05 bits per heavy atom. The van der Waals surface area contributed by atoms with Crippen LogP contribution in [0.2, 0.25) is 5.02 Å². The number of halogens is 1. The van der Waals surface area contributed by atoms with E-state index in [9.17, 15) is 4.79 Å².